The fourth-order valence-electron chi connectivity index (χ4n) is 6.24. The van der Waals surface area contributed by atoms with Gasteiger partial charge in [0.25, 0.3) is 6.43 Å². The first-order valence-electron chi connectivity index (χ1n) is 13.9. The lowest BCUT2D eigenvalue weighted by Crippen LogP contribution is -2.21. The average molecular weight is 501 g/mol. The van der Waals surface area contributed by atoms with Crippen LogP contribution in [0.4, 0.5) is 17.6 Å². The Balaban J connectivity index is 1.31. The van der Waals surface area contributed by atoms with Crippen LogP contribution in [-0.4, -0.2) is 21.8 Å². The lowest BCUT2D eigenvalue weighted by Gasteiger charge is -2.30. The van der Waals surface area contributed by atoms with E-state index in [9.17, 15) is 17.6 Å². The van der Waals surface area contributed by atoms with Crippen LogP contribution in [0.3, 0.4) is 0 Å². The molecule has 0 spiro atoms. The SMILES string of the molecule is CCCCC[SiH]1CCC(CCCC[C@H]2CC[C@H](c3cc(F)c(OCC(F)F)c(F)c3)CC2)CC1. The van der Waals surface area contributed by atoms with E-state index in [0.717, 1.165) is 37.5 Å². The summed E-state index contributed by atoms with van der Waals surface area (Å²) in [5.41, 5.74) is 0.631. The van der Waals surface area contributed by atoms with Crippen molar-refractivity contribution in [2.24, 2.45) is 11.8 Å². The van der Waals surface area contributed by atoms with Crippen LogP contribution in [-0.2, 0) is 0 Å². The number of hydrogen-bond donors (Lipinski definition) is 0. The Hall–Kier alpha value is -1.04. The molecular weight excluding hydrogens is 456 g/mol. The second kappa shape index (κ2) is 14.5. The molecule has 1 aliphatic heterocycles. The van der Waals surface area contributed by atoms with Gasteiger partial charge in [0.15, 0.2) is 17.4 Å². The van der Waals surface area contributed by atoms with Gasteiger partial charge in [-0.25, -0.2) is 17.6 Å². The molecule has 0 unspecified atom stereocenters. The summed E-state index contributed by atoms with van der Waals surface area (Å²) in [5, 5.41) is 0. The molecule has 3 rings (SSSR count). The Bertz CT molecular complexity index is 689. The molecule has 1 nitrogen and oxygen atoms in total. The predicted molar refractivity (Wildman–Crippen MR) is 135 cm³/mol. The normalized spacial score (nSPS) is 25.6. The summed E-state index contributed by atoms with van der Waals surface area (Å²) >= 11 is 0. The minimum Gasteiger partial charge on any atom is -0.482 e. The van der Waals surface area contributed by atoms with Crippen molar-refractivity contribution in [3.63, 3.8) is 0 Å². The van der Waals surface area contributed by atoms with Crippen molar-refractivity contribution in [3.05, 3.63) is 29.3 Å². The summed E-state index contributed by atoms with van der Waals surface area (Å²) < 4.78 is 57.7. The fraction of sp³-hybridized carbons (Fsp3) is 0.786. The fourth-order valence-corrected chi connectivity index (χ4v) is 9.86. The molecule has 34 heavy (non-hydrogen) atoms. The van der Waals surface area contributed by atoms with Gasteiger partial charge in [-0.1, -0.05) is 82.8 Å². The molecular formula is C28H44F4OSi. The topological polar surface area (TPSA) is 9.23 Å². The van der Waals surface area contributed by atoms with E-state index in [1.54, 1.807) is 18.1 Å². The predicted octanol–water partition coefficient (Wildman–Crippen LogP) is 9.27. The van der Waals surface area contributed by atoms with Crippen LogP contribution in [0, 0.1) is 23.5 Å². The first kappa shape index (κ1) is 27.5. The summed E-state index contributed by atoms with van der Waals surface area (Å²) in [5.74, 6) is -0.610. The van der Waals surface area contributed by atoms with Gasteiger partial charge in [0.05, 0.1) is 0 Å². The van der Waals surface area contributed by atoms with Crippen LogP contribution in [0.5, 0.6) is 5.75 Å². The molecule has 1 aromatic carbocycles. The molecule has 0 amide bonds. The second-order valence-electron chi connectivity index (χ2n) is 10.9. The number of unbranched alkanes of at least 4 members (excludes halogenated alkanes) is 3. The van der Waals surface area contributed by atoms with Gasteiger partial charge in [0.1, 0.15) is 6.61 Å². The largest absolute Gasteiger partial charge is 0.482 e. The summed E-state index contributed by atoms with van der Waals surface area (Å²) in [6, 6.07) is 7.30. The molecule has 2 aliphatic rings. The van der Waals surface area contributed by atoms with Crippen LogP contribution < -0.4 is 4.74 Å². The van der Waals surface area contributed by atoms with Gasteiger partial charge in [-0.05, 0) is 61.1 Å². The zero-order chi connectivity index (χ0) is 24.3. The summed E-state index contributed by atoms with van der Waals surface area (Å²) in [6.07, 6.45) is 13.9. The maximum Gasteiger partial charge on any atom is 0.272 e. The minimum absolute atomic E-state index is 0.140. The summed E-state index contributed by atoms with van der Waals surface area (Å²) in [7, 11) is -0.394. The van der Waals surface area contributed by atoms with Gasteiger partial charge in [-0.2, -0.15) is 0 Å². The zero-order valence-electron chi connectivity index (χ0n) is 21.0. The third kappa shape index (κ3) is 8.87. The van der Waals surface area contributed by atoms with Crippen molar-refractivity contribution in [3.8, 4) is 5.75 Å². The van der Waals surface area contributed by atoms with E-state index in [0.29, 0.717) is 5.56 Å². The van der Waals surface area contributed by atoms with Crippen molar-refractivity contribution in [1.82, 2.24) is 0 Å². The smallest absolute Gasteiger partial charge is 0.272 e. The van der Waals surface area contributed by atoms with Gasteiger partial charge in [0.2, 0.25) is 0 Å². The third-order valence-electron chi connectivity index (χ3n) is 8.35. The Kier molecular flexibility index (Phi) is 11.7. The number of benzene rings is 1. The van der Waals surface area contributed by atoms with E-state index < -0.39 is 39.2 Å². The zero-order valence-corrected chi connectivity index (χ0v) is 22.1. The third-order valence-corrected chi connectivity index (χ3v) is 11.9. The first-order valence-corrected chi connectivity index (χ1v) is 16.3. The van der Waals surface area contributed by atoms with Gasteiger partial charge < -0.3 is 4.74 Å². The van der Waals surface area contributed by atoms with E-state index in [2.05, 4.69) is 11.7 Å². The highest BCUT2D eigenvalue weighted by Crippen LogP contribution is 2.40. The Morgan fingerprint density at radius 1 is 0.853 bits per heavy atom. The number of hydrogen-bond acceptors (Lipinski definition) is 1. The van der Waals surface area contributed by atoms with Crippen LogP contribution in [0.2, 0.25) is 18.1 Å². The number of ether oxygens (including phenoxy) is 1. The Labute approximate surface area is 205 Å². The molecule has 0 atom stereocenters. The van der Waals surface area contributed by atoms with Crippen molar-refractivity contribution in [2.45, 2.75) is 121 Å². The lowest BCUT2D eigenvalue weighted by atomic mass is 9.77. The number of halogens is 4. The van der Waals surface area contributed by atoms with Crippen LogP contribution in [0.25, 0.3) is 0 Å². The average Bonchev–Trinajstić information content (AvgIpc) is 2.82. The lowest BCUT2D eigenvalue weighted by molar-refractivity contribution is 0.0777. The summed E-state index contributed by atoms with van der Waals surface area (Å²) in [6.45, 7) is 1.30. The van der Waals surface area contributed by atoms with Gasteiger partial charge >= 0.3 is 0 Å². The highest BCUT2D eigenvalue weighted by molar-refractivity contribution is 6.58. The van der Waals surface area contributed by atoms with Crippen LogP contribution >= 0.6 is 0 Å². The van der Waals surface area contributed by atoms with Crippen molar-refractivity contribution in [2.75, 3.05) is 6.61 Å². The van der Waals surface area contributed by atoms with Crippen molar-refractivity contribution in [1.29, 1.82) is 0 Å². The van der Waals surface area contributed by atoms with E-state index >= 15 is 0 Å². The highest BCUT2D eigenvalue weighted by atomic mass is 28.3. The molecule has 1 heterocycles. The minimum atomic E-state index is -2.76. The Morgan fingerprint density at radius 2 is 1.44 bits per heavy atom. The highest BCUT2D eigenvalue weighted by Gasteiger charge is 2.25. The second-order valence-corrected chi connectivity index (χ2v) is 14.4. The molecule has 194 valence electrons. The number of rotatable bonds is 13. The van der Waals surface area contributed by atoms with Gasteiger partial charge in [-0.3, -0.25) is 0 Å². The molecule has 0 aromatic heterocycles. The molecule has 1 saturated carbocycles. The van der Waals surface area contributed by atoms with E-state index in [4.69, 9.17) is 0 Å². The van der Waals surface area contributed by atoms with Gasteiger partial charge in [-0.15, -0.1) is 0 Å². The molecule has 2 fully saturated rings. The molecule has 0 radical (unpaired) electrons. The maximum absolute atomic E-state index is 14.2. The number of alkyl halides is 2. The maximum atomic E-state index is 14.2. The molecule has 1 aromatic rings. The quantitative estimate of drug-likeness (QED) is 0.149. The molecule has 1 aliphatic carbocycles. The summed E-state index contributed by atoms with van der Waals surface area (Å²) in [4.78, 5) is 0. The molecule has 0 bridgehead atoms. The van der Waals surface area contributed by atoms with Crippen molar-refractivity contribution >= 4 is 8.80 Å². The van der Waals surface area contributed by atoms with Crippen LogP contribution in [0.15, 0.2) is 12.1 Å². The monoisotopic (exact) mass is 500 g/mol. The van der Waals surface area contributed by atoms with Crippen LogP contribution in [0.1, 0.15) is 102 Å². The van der Waals surface area contributed by atoms with Crippen molar-refractivity contribution < 1.29 is 22.3 Å². The first-order chi connectivity index (χ1) is 16.5. The molecule has 0 N–H and O–H groups in total. The van der Waals surface area contributed by atoms with E-state index in [1.807, 2.05) is 0 Å². The van der Waals surface area contributed by atoms with E-state index in [1.165, 1.54) is 69.9 Å². The van der Waals surface area contributed by atoms with E-state index in [-0.39, 0.29) is 5.92 Å². The molecule has 1 saturated heterocycles. The van der Waals surface area contributed by atoms with Gasteiger partial charge in [0, 0.05) is 8.80 Å². The standard InChI is InChI=1S/C28H44F4OSi/c1-2-3-6-15-34-16-13-22(14-17-34)8-5-4-7-21-9-11-23(12-10-21)24-18-25(29)28(26(30)19-24)33-20-27(31)32/h18-19,21-23,27,34H,2-17,20H2,1H3/t21-,22?,23-,34?. The molecule has 6 heteroatoms. The Morgan fingerprint density at radius 3 is 2.00 bits per heavy atom.